The minimum absolute atomic E-state index is 0.180. The van der Waals surface area contributed by atoms with Crippen molar-refractivity contribution < 1.29 is 9.18 Å². The molecule has 28 heavy (non-hydrogen) atoms. The molecule has 1 amide bonds. The third-order valence-electron chi connectivity index (χ3n) is 4.78. The first-order valence-corrected chi connectivity index (χ1v) is 8.87. The van der Waals surface area contributed by atoms with Gasteiger partial charge in [0, 0.05) is 11.4 Å². The predicted octanol–water partition coefficient (Wildman–Crippen LogP) is 4.54. The molecule has 1 aliphatic heterocycles. The highest BCUT2D eigenvalue weighted by Crippen LogP contribution is 2.36. The molecule has 0 spiro atoms. The number of hydrogen-bond acceptors (Lipinski definition) is 4. The fourth-order valence-electron chi connectivity index (χ4n) is 3.43. The molecule has 5 rings (SSSR count). The number of hydrogen-bond donors (Lipinski definition) is 1. The zero-order chi connectivity index (χ0) is 19.1. The van der Waals surface area contributed by atoms with Crippen LogP contribution in [0.3, 0.4) is 0 Å². The Kier molecular flexibility index (Phi) is 3.76. The molecule has 0 bridgehead atoms. The summed E-state index contributed by atoms with van der Waals surface area (Å²) in [6.07, 6.45) is 1.10. The average molecular weight is 370 g/mol. The molecule has 0 saturated heterocycles. The lowest BCUT2D eigenvalue weighted by Gasteiger charge is -2.37. The van der Waals surface area contributed by atoms with Crippen molar-refractivity contribution in [1.29, 1.82) is 0 Å². The van der Waals surface area contributed by atoms with Gasteiger partial charge in [0.1, 0.15) is 11.5 Å². The molecule has 1 aromatic heterocycles. The third kappa shape index (κ3) is 2.66. The second-order valence-corrected chi connectivity index (χ2v) is 6.53. The smallest absolute Gasteiger partial charge is 0.262 e. The molecule has 1 atom stereocenters. The second kappa shape index (κ2) is 6.42. The van der Waals surface area contributed by atoms with Crippen molar-refractivity contribution >= 4 is 28.3 Å². The summed E-state index contributed by atoms with van der Waals surface area (Å²) in [4.78, 5) is 24.1. The number of carbonyl (C=O) groups is 1. The van der Waals surface area contributed by atoms with Gasteiger partial charge in [-0.1, -0.05) is 24.3 Å². The number of anilines is 2. The van der Waals surface area contributed by atoms with Crippen LogP contribution < -0.4 is 10.2 Å². The van der Waals surface area contributed by atoms with E-state index in [1.165, 1.54) is 12.1 Å². The quantitative estimate of drug-likeness (QED) is 0.563. The molecule has 0 aliphatic carbocycles. The van der Waals surface area contributed by atoms with Crippen molar-refractivity contribution in [3.05, 3.63) is 96.1 Å². The van der Waals surface area contributed by atoms with Crippen LogP contribution in [0.4, 0.5) is 15.8 Å². The van der Waals surface area contributed by atoms with Gasteiger partial charge in [0.15, 0.2) is 6.17 Å². The van der Waals surface area contributed by atoms with Crippen LogP contribution in [0.5, 0.6) is 0 Å². The highest BCUT2D eigenvalue weighted by Gasteiger charge is 2.35. The van der Waals surface area contributed by atoms with E-state index in [4.69, 9.17) is 4.98 Å². The molecule has 1 aliphatic rings. The van der Waals surface area contributed by atoms with Gasteiger partial charge in [-0.25, -0.2) is 9.37 Å². The number of halogens is 1. The Balaban J connectivity index is 1.67. The summed E-state index contributed by atoms with van der Waals surface area (Å²) in [6, 6.07) is 20.7. The SMILES string of the molecule is O=C1c2ccccc2N[C@H](c2cnc3ccccc3n2)N1c1ccc(F)cc1. The number of nitrogens with zero attached hydrogens (tertiary/aromatic N) is 3. The lowest BCUT2D eigenvalue weighted by atomic mass is 10.1. The predicted molar refractivity (Wildman–Crippen MR) is 106 cm³/mol. The fraction of sp³-hybridized carbons (Fsp3) is 0.0455. The van der Waals surface area contributed by atoms with Gasteiger partial charge < -0.3 is 5.32 Å². The zero-order valence-corrected chi connectivity index (χ0v) is 14.7. The first-order valence-electron chi connectivity index (χ1n) is 8.87. The summed E-state index contributed by atoms with van der Waals surface area (Å²) in [5.41, 5.74) is 3.98. The third-order valence-corrected chi connectivity index (χ3v) is 4.78. The molecular weight excluding hydrogens is 355 g/mol. The van der Waals surface area contributed by atoms with E-state index in [1.807, 2.05) is 42.5 Å². The van der Waals surface area contributed by atoms with Crippen LogP contribution in [-0.4, -0.2) is 15.9 Å². The molecule has 136 valence electrons. The normalized spacial score (nSPS) is 16.0. The highest BCUT2D eigenvalue weighted by atomic mass is 19.1. The molecular formula is C22H15FN4O. The maximum absolute atomic E-state index is 13.4. The van der Waals surface area contributed by atoms with E-state index in [9.17, 15) is 9.18 Å². The summed E-state index contributed by atoms with van der Waals surface area (Å²) >= 11 is 0. The number of fused-ring (bicyclic) bond motifs is 2. The van der Waals surface area contributed by atoms with Crippen molar-refractivity contribution in [3.63, 3.8) is 0 Å². The highest BCUT2D eigenvalue weighted by molar-refractivity contribution is 6.12. The number of carbonyl (C=O) groups excluding carboxylic acids is 1. The molecule has 0 unspecified atom stereocenters. The van der Waals surface area contributed by atoms with E-state index in [1.54, 1.807) is 29.3 Å². The van der Waals surface area contributed by atoms with Gasteiger partial charge in [-0.15, -0.1) is 0 Å². The van der Waals surface area contributed by atoms with Crippen LogP contribution in [-0.2, 0) is 0 Å². The first-order chi connectivity index (χ1) is 13.7. The van der Waals surface area contributed by atoms with Gasteiger partial charge >= 0.3 is 0 Å². The number of aromatic nitrogens is 2. The van der Waals surface area contributed by atoms with Crippen molar-refractivity contribution in [2.75, 3.05) is 10.2 Å². The van der Waals surface area contributed by atoms with Crippen LogP contribution in [0.15, 0.2) is 79.0 Å². The largest absolute Gasteiger partial charge is 0.359 e. The van der Waals surface area contributed by atoms with E-state index >= 15 is 0 Å². The lowest BCUT2D eigenvalue weighted by molar-refractivity contribution is 0.0974. The Morgan fingerprint density at radius 1 is 0.893 bits per heavy atom. The molecule has 0 radical (unpaired) electrons. The van der Waals surface area contributed by atoms with E-state index in [0.29, 0.717) is 16.9 Å². The van der Waals surface area contributed by atoms with Crippen molar-refractivity contribution in [2.24, 2.45) is 0 Å². The molecule has 2 heterocycles. The van der Waals surface area contributed by atoms with Gasteiger partial charge in [0.05, 0.1) is 22.8 Å². The number of nitrogens with one attached hydrogen (secondary N) is 1. The van der Waals surface area contributed by atoms with E-state index < -0.39 is 6.17 Å². The Morgan fingerprint density at radius 3 is 2.43 bits per heavy atom. The van der Waals surface area contributed by atoms with Crippen LogP contribution in [0.2, 0.25) is 0 Å². The van der Waals surface area contributed by atoms with Crippen LogP contribution in [0, 0.1) is 5.82 Å². The molecule has 0 saturated carbocycles. The number of amides is 1. The van der Waals surface area contributed by atoms with E-state index in [2.05, 4.69) is 10.3 Å². The average Bonchev–Trinajstić information content (AvgIpc) is 2.74. The Morgan fingerprint density at radius 2 is 1.61 bits per heavy atom. The van der Waals surface area contributed by atoms with Crippen LogP contribution >= 0.6 is 0 Å². The van der Waals surface area contributed by atoms with Crippen molar-refractivity contribution in [2.45, 2.75) is 6.17 Å². The summed E-state index contributed by atoms with van der Waals surface area (Å²) in [6.45, 7) is 0. The minimum Gasteiger partial charge on any atom is -0.359 e. The Labute approximate surface area is 160 Å². The number of rotatable bonds is 2. The van der Waals surface area contributed by atoms with Crippen molar-refractivity contribution in [1.82, 2.24) is 9.97 Å². The number of para-hydroxylation sites is 3. The molecule has 1 N–H and O–H groups in total. The summed E-state index contributed by atoms with van der Waals surface area (Å²) in [5, 5.41) is 3.38. The summed E-state index contributed by atoms with van der Waals surface area (Å²) in [5.74, 6) is -0.537. The van der Waals surface area contributed by atoms with Gasteiger partial charge in [-0.05, 0) is 48.5 Å². The van der Waals surface area contributed by atoms with Gasteiger partial charge in [0.2, 0.25) is 0 Å². The zero-order valence-electron chi connectivity index (χ0n) is 14.7. The maximum atomic E-state index is 13.4. The molecule has 5 nitrogen and oxygen atoms in total. The van der Waals surface area contributed by atoms with Crippen molar-refractivity contribution in [3.8, 4) is 0 Å². The fourth-order valence-corrected chi connectivity index (χ4v) is 3.43. The molecule has 3 aromatic carbocycles. The summed E-state index contributed by atoms with van der Waals surface area (Å²) in [7, 11) is 0. The topological polar surface area (TPSA) is 58.1 Å². The lowest BCUT2D eigenvalue weighted by Crippen LogP contribution is -2.43. The maximum Gasteiger partial charge on any atom is 0.262 e. The molecule has 4 aromatic rings. The van der Waals surface area contributed by atoms with E-state index in [-0.39, 0.29) is 11.7 Å². The summed E-state index contributed by atoms with van der Waals surface area (Å²) < 4.78 is 13.4. The molecule has 0 fully saturated rings. The van der Waals surface area contributed by atoms with Gasteiger partial charge in [0.25, 0.3) is 5.91 Å². The monoisotopic (exact) mass is 370 g/mol. The second-order valence-electron chi connectivity index (χ2n) is 6.53. The standard InChI is InChI=1S/C22H15FN4O/c23-14-9-11-15(12-10-14)27-21(26-17-6-2-1-5-16(17)22(27)28)20-13-24-18-7-3-4-8-19(18)25-20/h1-13,21,26H/t21-/m0/s1. The Hall–Kier alpha value is -3.80. The number of benzene rings is 3. The van der Waals surface area contributed by atoms with Gasteiger partial charge in [-0.2, -0.15) is 0 Å². The van der Waals surface area contributed by atoms with E-state index in [0.717, 1.165) is 16.7 Å². The first kappa shape index (κ1) is 16.4. The minimum atomic E-state index is -0.565. The Bertz CT molecular complexity index is 1190. The van der Waals surface area contributed by atoms with Crippen LogP contribution in [0.1, 0.15) is 22.2 Å². The molecule has 6 heteroatoms. The van der Waals surface area contributed by atoms with Gasteiger partial charge in [-0.3, -0.25) is 14.7 Å². The van der Waals surface area contributed by atoms with Crippen LogP contribution in [0.25, 0.3) is 11.0 Å².